The van der Waals surface area contributed by atoms with Gasteiger partial charge in [-0.25, -0.2) is 8.78 Å². The molecule has 0 spiro atoms. The zero-order chi connectivity index (χ0) is 11.3. The van der Waals surface area contributed by atoms with Crippen LogP contribution >= 0.6 is 0 Å². The maximum Gasteiger partial charge on any atom is 0.129 e. The molecule has 0 fully saturated rings. The molecule has 0 amide bonds. The van der Waals surface area contributed by atoms with Crippen molar-refractivity contribution in [3.63, 3.8) is 0 Å². The molecule has 0 saturated carbocycles. The predicted molar refractivity (Wildman–Crippen MR) is 57.8 cm³/mol. The van der Waals surface area contributed by atoms with Crippen LogP contribution < -0.4 is 5.32 Å². The van der Waals surface area contributed by atoms with Crippen molar-refractivity contribution in [2.45, 2.75) is 32.7 Å². The van der Waals surface area contributed by atoms with Gasteiger partial charge in [-0.05, 0) is 37.9 Å². The van der Waals surface area contributed by atoms with Gasteiger partial charge < -0.3 is 5.32 Å². The molecule has 0 heterocycles. The van der Waals surface area contributed by atoms with Gasteiger partial charge in [0.25, 0.3) is 0 Å². The Morgan fingerprint density at radius 3 is 2.67 bits per heavy atom. The van der Waals surface area contributed by atoms with E-state index in [1.807, 2.05) is 0 Å². The largest absolute Gasteiger partial charge is 0.314 e. The molecule has 0 aliphatic carbocycles. The molecular weight excluding hydrogens is 196 g/mol. The summed E-state index contributed by atoms with van der Waals surface area (Å²) in [6, 6.07) is 4.16. The summed E-state index contributed by atoms with van der Waals surface area (Å²) in [5.74, 6) is -0.980. The Labute approximate surface area is 89.5 Å². The van der Waals surface area contributed by atoms with Crippen molar-refractivity contribution in [2.24, 2.45) is 0 Å². The Morgan fingerprint density at radius 2 is 2.07 bits per heavy atom. The number of benzene rings is 1. The summed E-state index contributed by atoms with van der Waals surface area (Å²) in [4.78, 5) is 0. The molecule has 0 aliphatic rings. The summed E-state index contributed by atoms with van der Waals surface area (Å²) in [5.41, 5.74) is 0.562. The normalized spacial score (nSPS) is 12.8. The zero-order valence-electron chi connectivity index (χ0n) is 9.19. The Hall–Kier alpha value is -0.960. The fraction of sp³-hybridized carbons (Fsp3) is 0.500. The zero-order valence-corrected chi connectivity index (χ0v) is 9.19. The van der Waals surface area contributed by atoms with E-state index >= 15 is 0 Å². The third kappa shape index (κ3) is 3.96. The molecule has 1 N–H and O–H groups in total. The Morgan fingerprint density at radius 1 is 1.33 bits per heavy atom. The maximum absolute atomic E-state index is 13.2. The van der Waals surface area contributed by atoms with Crippen molar-refractivity contribution in [1.82, 2.24) is 5.32 Å². The van der Waals surface area contributed by atoms with Gasteiger partial charge in [0.2, 0.25) is 0 Å². The molecule has 1 aromatic rings. The summed E-state index contributed by atoms with van der Waals surface area (Å²) in [7, 11) is 0. The lowest BCUT2D eigenvalue weighted by Gasteiger charge is -2.11. The minimum atomic E-state index is -0.522. The second-order valence-corrected chi connectivity index (χ2v) is 3.75. The van der Waals surface area contributed by atoms with Gasteiger partial charge in [-0.2, -0.15) is 0 Å². The fourth-order valence-electron chi connectivity index (χ4n) is 1.32. The van der Waals surface area contributed by atoms with Crippen molar-refractivity contribution in [3.8, 4) is 0 Å². The average Bonchev–Trinajstić information content (AvgIpc) is 2.21. The molecule has 15 heavy (non-hydrogen) atoms. The van der Waals surface area contributed by atoms with E-state index in [2.05, 4.69) is 19.2 Å². The van der Waals surface area contributed by atoms with Crippen LogP contribution in [0.25, 0.3) is 0 Å². The molecule has 0 radical (unpaired) electrons. The van der Waals surface area contributed by atoms with Crippen LogP contribution in [0.15, 0.2) is 18.2 Å². The highest BCUT2D eigenvalue weighted by molar-refractivity contribution is 5.18. The summed E-state index contributed by atoms with van der Waals surface area (Å²) in [6.45, 7) is 4.90. The topological polar surface area (TPSA) is 12.0 Å². The van der Waals surface area contributed by atoms with Crippen molar-refractivity contribution < 1.29 is 8.78 Å². The van der Waals surface area contributed by atoms with Crippen LogP contribution in [0.3, 0.4) is 0 Å². The monoisotopic (exact) mass is 213 g/mol. The Balaban J connectivity index is 2.44. The van der Waals surface area contributed by atoms with Crippen molar-refractivity contribution in [3.05, 3.63) is 35.4 Å². The van der Waals surface area contributed by atoms with Crippen LogP contribution in [0.2, 0.25) is 0 Å². The first kappa shape index (κ1) is 12.1. The van der Waals surface area contributed by atoms with Crippen molar-refractivity contribution in [2.75, 3.05) is 6.54 Å². The van der Waals surface area contributed by atoms with Crippen LogP contribution in [0.5, 0.6) is 0 Å². The van der Waals surface area contributed by atoms with Crippen molar-refractivity contribution >= 4 is 0 Å². The summed E-state index contributed by atoms with van der Waals surface area (Å²) in [6.07, 6.45) is 1.64. The van der Waals surface area contributed by atoms with Gasteiger partial charge in [0.15, 0.2) is 0 Å². The van der Waals surface area contributed by atoms with E-state index in [4.69, 9.17) is 0 Å². The maximum atomic E-state index is 13.2. The fourth-order valence-corrected chi connectivity index (χ4v) is 1.32. The third-order valence-electron chi connectivity index (χ3n) is 2.51. The second-order valence-electron chi connectivity index (χ2n) is 3.75. The summed E-state index contributed by atoms with van der Waals surface area (Å²) >= 11 is 0. The SMILES string of the molecule is CCC(C)NCCc1ccc(F)cc1F. The van der Waals surface area contributed by atoms with E-state index < -0.39 is 11.6 Å². The summed E-state index contributed by atoms with van der Waals surface area (Å²) in [5, 5.41) is 3.26. The molecule has 0 bridgehead atoms. The van der Waals surface area contributed by atoms with Crippen LogP contribution in [0, 0.1) is 11.6 Å². The summed E-state index contributed by atoms with van der Waals surface area (Å²) < 4.78 is 25.8. The Bertz CT molecular complexity index is 312. The average molecular weight is 213 g/mol. The van der Waals surface area contributed by atoms with Gasteiger partial charge in [-0.15, -0.1) is 0 Å². The van der Waals surface area contributed by atoms with Crippen LogP contribution in [-0.2, 0) is 6.42 Å². The Kier molecular flexibility index (Phi) is 4.69. The van der Waals surface area contributed by atoms with Crippen molar-refractivity contribution in [1.29, 1.82) is 0 Å². The van der Waals surface area contributed by atoms with E-state index in [1.54, 1.807) is 0 Å². The molecular formula is C12H17F2N. The smallest absolute Gasteiger partial charge is 0.129 e. The molecule has 1 aromatic carbocycles. The molecule has 3 heteroatoms. The van der Waals surface area contributed by atoms with E-state index in [0.29, 0.717) is 18.0 Å². The number of nitrogens with one attached hydrogen (secondary N) is 1. The molecule has 1 rings (SSSR count). The van der Waals surface area contributed by atoms with E-state index in [1.165, 1.54) is 12.1 Å². The first-order chi connectivity index (χ1) is 7.13. The number of hydrogen-bond acceptors (Lipinski definition) is 1. The quantitative estimate of drug-likeness (QED) is 0.793. The lowest BCUT2D eigenvalue weighted by atomic mass is 10.1. The lowest BCUT2D eigenvalue weighted by Crippen LogP contribution is -2.27. The number of hydrogen-bond donors (Lipinski definition) is 1. The minimum Gasteiger partial charge on any atom is -0.314 e. The van der Waals surface area contributed by atoms with Gasteiger partial charge in [0, 0.05) is 12.1 Å². The van der Waals surface area contributed by atoms with E-state index in [-0.39, 0.29) is 0 Å². The molecule has 0 aliphatic heterocycles. The van der Waals surface area contributed by atoms with E-state index in [9.17, 15) is 8.78 Å². The molecule has 1 nitrogen and oxygen atoms in total. The second kappa shape index (κ2) is 5.81. The minimum absolute atomic E-state index is 0.438. The predicted octanol–water partition coefficient (Wildman–Crippen LogP) is 2.90. The van der Waals surface area contributed by atoms with Gasteiger partial charge in [0.05, 0.1) is 0 Å². The standard InChI is InChI=1S/C12H17F2N/c1-3-9(2)15-7-6-10-4-5-11(13)8-12(10)14/h4-5,8-9,15H,3,6-7H2,1-2H3. The highest BCUT2D eigenvalue weighted by Gasteiger charge is 2.04. The highest BCUT2D eigenvalue weighted by Crippen LogP contribution is 2.09. The van der Waals surface area contributed by atoms with E-state index in [0.717, 1.165) is 19.0 Å². The highest BCUT2D eigenvalue weighted by atomic mass is 19.1. The molecule has 0 saturated heterocycles. The van der Waals surface area contributed by atoms with Gasteiger partial charge in [0.1, 0.15) is 11.6 Å². The van der Waals surface area contributed by atoms with Gasteiger partial charge in [-0.1, -0.05) is 13.0 Å². The molecule has 84 valence electrons. The lowest BCUT2D eigenvalue weighted by molar-refractivity contribution is 0.525. The number of halogens is 2. The molecule has 0 aromatic heterocycles. The van der Waals surface area contributed by atoms with Gasteiger partial charge in [-0.3, -0.25) is 0 Å². The first-order valence-corrected chi connectivity index (χ1v) is 5.30. The number of rotatable bonds is 5. The van der Waals surface area contributed by atoms with Gasteiger partial charge >= 0.3 is 0 Å². The molecule has 1 unspecified atom stereocenters. The first-order valence-electron chi connectivity index (χ1n) is 5.30. The van der Waals surface area contributed by atoms with Crippen LogP contribution in [-0.4, -0.2) is 12.6 Å². The van der Waals surface area contributed by atoms with Crippen LogP contribution in [0.4, 0.5) is 8.78 Å². The van der Waals surface area contributed by atoms with Crippen LogP contribution in [0.1, 0.15) is 25.8 Å². The third-order valence-corrected chi connectivity index (χ3v) is 2.51. The molecule has 1 atom stereocenters.